The van der Waals surface area contributed by atoms with Gasteiger partial charge in [0.05, 0.1) is 5.56 Å². The number of nitrogens with one attached hydrogen (secondary N) is 1. The van der Waals surface area contributed by atoms with E-state index in [1.807, 2.05) is 39.6 Å². The molecular weight excluding hydrogens is 456 g/mol. The third kappa shape index (κ3) is 5.41. The highest BCUT2D eigenvalue weighted by atomic mass is 32.2. The van der Waals surface area contributed by atoms with Crippen LogP contribution in [0.2, 0.25) is 0 Å². The Morgan fingerprint density at radius 1 is 1.15 bits per heavy atom. The number of thioether (sulfide) groups is 1. The fourth-order valence-electron chi connectivity index (χ4n) is 4.90. The maximum atomic E-state index is 13.3. The van der Waals surface area contributed by atoms with Crippen LogP contribution >= 0.6 is 23.1 Å². The van der Waals surface area contributed by atoms with Crippen LogP contribution in [0.4, 0.5) is 0 Å². The lowest BCUT2D eigenvalue weighted by Gasteiger charge is -2.39. The molecule has 0 aliphatic carbocycles. The van der Waals surface area contributed by atoms with Crippen molar-refractivity contribution in [2.24, 2.45) is 5.41 Å². The minimum absolute atomic E-state index is 0.00560. The lowest BCUT2D eigenvalue weighted by molar-refractivity contribution is -0.135. The molecule has 2 aromatic rings. The Morgan fingerprint density at radius 2 is 1.88 bits per heavy atom. The van der Waals surface area contributed by atoms with Gasteiger partial charge in [0.1, 0.15) is 11.1 Å². The van der Waals surface area contributed by atoms with Crippen molar-refractivity contribution >= 4 is 40.8 Å². The third-order valence-corrected chi connectivity index (χ3v) is 8.33. The summed E-state index contributed by atoms with van der Waals surface area (Å²) in [6, 6.07) is 7.07. The summed E-state index contributed by atoms with van der Waals surface area (Å²) >= 11 is 3.08. The molecular formula is C24H30N4O3S2. The molecule has 2 saturated heterocycles. The van der Waals surface area contributed by atoms with Crippen LogP contribution in [0.5, 0.6) is 0 Å². The molecule has 1 atom stereocenters. The van der Waals surface area contributed by atoms with Gasteiger partial charge >= 0.3 is 0 Å². The first-order valence-corrected chi connectivity index (χ1v) is 13.4. The van der Waals surface area contributed by atoms with Gasteiger partial charge in [0.25, 0.3) is 5.91 Å². The number of nitrogens with zero attached hydrogens (tertiary/aromatic N) is 3. The molecule has 4 rings (SSSR count). The molecule has 2 fully saturated rings. The number of carbonyl (C=O) groups excluding carboxylic acids is 3. The van der Waals surface area contributed by atoms with E-state index in [9.17, 15) is 14.4 Å². The zero-order chi connectivity index (χ0) is 23.4. The van der Waals surface area contributed by atoms with Crippen molar-refractivity contribution in [3.05, 3.63) is 46.3 Å². The van der Waals surface area contributed by atoms with Gasteiger partial charge in [0.2, 0.25) is 11.8 Å². The van der Waals surface area contributed by atoms with Crippen molar-refractivity contribution in [3.8, 4) is 0 Å². The highest BCUT2D eigenvalue weighted by Crippen LogP contribution is 2.41. The van der Waals surface area contributed by atoms with Crippen LogP contribution in [-0.2, 0) is 16.0 Å². The fraction of sp³-hybridized carbons (Fsp3) is 0.500. The molecule has 2 aliphatic rings. The standard InChI is InChI=1S/C24H30N4O3S2/c1-17(29)26-20(15-18-5-4-14-33-18)23(31)28-13-9-24(16-28)7-11-27(12-8-24)22(30)19-6-3-10-25-21(19)32-2/h3-6,10,14,20H,7-9,11-13,15-16H2,1-2H3,(H,26,29). The van der Waals surface area contributed by atoms with Crippen molar-refractivity contribution in [3.63, 3.8) is 0 Å². The molecule has 9 heteroatoms. The Bertz CT molecular complexity index is 1000. The molecule has 0 bridgehead atoms. The summed E-state index contributed by atoms with van der Waals surface area (Å²) in [7, 11) is 0. The lowest BCUT2D eigenvalue weighted by atomic mass is 9.77. The van der Waals surface area contributed by atoms with E-state index in [0.29, 0.717) is 38.2 Å². The monoisotopic (exact) mass is 486 g/mol. The molecule has 2 aliphatic heterocycles. The largest absolute Gasteiger partial charge is 0.344 e. The lowest BCUT2D eigenvalue weighted by Crippen LogP contribution is -2.50. The van der Waals surface area contributed by atoms with Gasteiger partial charge in [-0.3, -0.25) is 14.4 Å². The molecule has 1 unspecified atom stereocenters. The molecule has 4 heterocycles. The molecule has 1 spiro atoms. The number of piperidine rings is 1. The Balaban J connectivity index is 1.37. The van der Waals surface area contributed by atoms with Crippen molar-refractivity contribution in [2.45, 2.75) is 43.7 Å². The first-order valence-electron chi connectivity index (χ1n) is 11.3. The van der Waals surface area contributed by atoms with E-state index >= 15 is 0 Å². The minimum Gasteiger partial charge on any atom is -0.344 e. The number of carbonyl (C=O) groups is 3. The summed E-state index contributed by atoms with van der Waals surface area (Å²) in [6.07, 6.45) is 6.87. The van der Waals surface area contributed by atoms with E-state index in [1.54, 1.807) is 23.6 Å². The van der Waals surface area contributed by atoms with Crippen LogP contribution in [0.3, 0.4) is 0 Å². The molecule has 1 N–H and O–H groups in total. The maximum Gasteiger partial charge on any atom is 0.256 e. The van der Waals surface area contributed by atoms with Crippen molar-refractivity contribution in [1.82, 2.24) is 20.1 Å². The van der Waals surface area contributed by atoms with Crippen LogP contribution in [0.25, 0.3) is 0 Å². The number of hydrogen-bond acceptors (Lipinski definition) is 6. The van der Waals surface area contributed by atoms with Crippen molar-refractivity contribution in [1.29, 1.82) is 0 Å². The van der Waals surface area contributed by atoms with Gasteiger partial charge in [0.15, 0.2) is 0 Å². The second-order valence-corrected chi connectivity index (χ2v) is 10.7. The van der Waals surface area contributed by atoms with Crippen molar-refractivity contribution < 1.29 is 14.4 Å². The summed E-state index contributed by atoms with van der Waals surface area (Å²) in [5, 5.41) is 5.60. The van der Waals surface area contributed by atoms with Gasteiger partial charge in [-0.15, -0.1) is 23.1 Å². The number of hydrogen-bond donors (Lipinski definition) is 1. The summed E-state index contributed by atoms with van der Waals surface area (Å²) < 4.78 is 0. The van der Waals surface area contributed by atoms with E-state index in [1.165, 1.54) is 18.7 Å². The fourth-order valence-corrected chi connectivity index (χ4v) is 6.19. The van der Waals surface area contributed by atoms with E-state index in [2.05, 4.69) is 10.3 Å². The number of likely N-dealkylation sites (tertiary alicyclic amines) is 2. The van der Waals surface area contributed by atoms with Crippen LogP contribution in [-0.4, -0.2) is 71.0 Å². The van der Waals surface area contributed by atoms with Gasteiger partial charge in [-0.2, -0.15) is 0 Å². The Labute approximate surface area is 202 Å². The summed E-state index contributed by atoms with van der Waals surface area (Å²) in [4.78, 5) is 47.3. The average Bonchev–Trinajstić information content (AvgIpc) is 3.48. The molecule has 2 aromatic heterocycles. The van der Waals surface area contributed by atoms with Crippen molar-refractivity contribution in [2.75, 3.05) is 32.4 Å². The third-order valence-electron chi connectivity index (χ3n) is 6.72. The average molecular weight is 487 g/mol. The molecule has 0 saturated carbocycles. The number of pyridine rings is 1. The van der Waals surface area contributed by atoms with E-state index in [0.717, 1.165) is 29.2 Å². The first kappa shape index (κ1) is 23.8. The van der Waals surface area contributed by atoms with Crippen LogP contribution < -0.4 is 5.32 Å². The quantitative estimate of drug-likeness (QED) is 0.635. The predicted molar refractivity (Wildman–Crippen MR) is 130 cm³/mol. The molecule has 33 heavy (non-hydrogen) atoms. The SMILES string of the molecule is CSc1ncccc1C(=O)N1CCC2(CC1)CCN(C(=O)C(Cc1cccs1)NC(C)=O)C2. The molecule has 0 aromatic carbocycles. The molecule has 3 amide bonds. The maximum absolute atomic E-state index is 13.3. The second-order valence-electron chi connectivity index (χ2n) is 8.90. The number of thiophene rings is 1. The highest BCUT2D eigenvalue weighted by molar-refractivity contribution is 7.98. The normalized spacial score (nSPS) is 18.4. The second kappa shape index (κ2) is 10.3. The van der Waals surface area contributed by atoms with Gasteiger partial charge in [-0.05, 0) is 54.5 Å². The summed E-state index contributed by atoms with van der Waals surface area (Å²) in [5.41, 5.74) is 0.712. The van der Waals surface area contributed by atoms with Crippen LogP contribution in [0.1, 0.15) is 41.4 Å². The zero-order valence-electron chi connectivity index (χ0n) is 19.1. The Kier molecular flexibility index (Phi) is 7.38. The van der Waals surface area contributed by atoms with E-state index in [4.69, 9.17) is 0 Å². The van der Waals surface area contributed by atoms with Gasteiger partial charge in [-0.1, -0.05) is 6.07 Å². The molecule has 0 radical (unpaired) electrons. The van der Waals surface area contributed by atoms with Crippen LogP contribution in [0.15, 0.2) is 40.9 Å². The topological polar surface area (TPSA) is 82.6 Å². The van der Waals surface area contributed by atoms with Gasteiger partial charge < -0.3 is 15.1 Å². The summed E-state index contributed by atoms with van der Waals surface area (Å²) in [5.74, 6) is -0.158. The number of rotatable bonds is 6. The Morgan fingerprint density at radius 3 is 2.52 bits per heavy atom. The van der Waals surface area contributed by atoms with E-state index < -0.39 is 6.04 Å². The smallest absolute Gasteiger partial charge is 0.256 e. The first-order chi connectivity index (χ1) is 15.9. The highest BCUT2D eigenvalue weighted by Gasteiger charge is 2.44. The number of amides is 3. The summed E-state index contributed by atoms with van der Waals surface area (Å²) in [6.45, 7) is 4.23. The van der Waals surface area contributed by atoms with Crippen LogP contribution in [0, 0.1) is 5.41 Å². The number of aromatic nitrogens is 1. The Hall–Kier alpha value is -2.39. The zero-order valence-corrected chi connectivity index (χ0v) is 20.7. The van der Waals surface area contributed by atoms with E-state index in [-0.39, 0.29) is 23.1 Å². The minimum atomic E-state index is -0.534. The van der Waals surface area contributed by atoms with Gasteiger partial charge in [0, 0.05) is 50.6 Å². The molecule has 176 valence electrons. The predicted octanol–water partition coefficient (Wildman–Crippen LogP) is 3.07. The van der Waals surface area contributed by atoms with Gasteiger partial charge in [-0.25, -0.2) is 4.98 Å². The molecule has 7 nitrogen and oxygen atoms in total.